The van der Waals surface area contributed by atoms with Gasteiger partial charge in [-0.25, -0.2) is 4.98 Å². The maximum Gasteiger partial charge on any atom is 0.306 e. The molecule has 2 aromatic carbocycles. The second-order valence-electron chi connectivity index (χ2n) is 7.82. The summed E-state index contributed by atoms with van der Waals surface area (Å²) in [5, 5.41) is 18.2. The predicted octanol–water partition coefficient (Wildman–Crippen LogP) is 4.28. The number of aromatic amines is 1. The minimum absolute atomic E-state index is 0.172. The summed E-state index contributed by atoms with van der Waals surface area (Å²) in [7, 11) is 0. The average molecular weight is 451 g/mol. The van der Waals surface area contributed by atoms with Gasteiger partial charge < -0.3 is 21.1 Å². The maximum absolute atomic E-state index is 10.9. The number of aliphatic carboxylic acids is 1. The number of carbonyl (C=O) groups is 1. The second-order valence-corrected chi connectivity index (χ2v) is 8.43. The van der Waals surface area contributed by atoms with E-state index in [2.05, 4.69) is 24.9 Å². The molecule has 1 aliphatic rings. The lowest BCUT2D eigenvalue weighted by molar-refractivity contribution is -0.142. The highest BCUT2D eigenvalue weighted by Gasteiger charge is 2.26. The Labute approximate surface area is 190 Å². The van der Waals surface area contributed by atoms with Crippen LogP contribution < -0.4 is 11.1 Å². The minimum atomic E-state index is -0.665. The molecule has 0 radical (unpaired) electrons. The number of para-hydroxylation sites is 2. The molecular weight excluding hydrogens is 424 g/mol. The zero-order valence-electron chi connectivity index (χ0n) is 17.6. The number of nitrogens with one attached hydrogen (secondary N) is 2. The molecule has 5 N–H and O–H groups in total. The van der Waals surface area contributed by atoms with Crippen molar-refractivity contribution >= 4 is 34.5 Å². The van der Waals surface area contributed by atoms with Gasteiger partial charge in [0.1, 0.15) is 5.69 Å². The van der Waals surface area contributed by atoms with Crippen LogP contribution in [0.1, 0.15) is 31.2 Å². The highest BCUT2D eigenvalue weighted by atomic mass is 32.1. The van der Waals surface area contributed by atoms with Crippen LogP contribution in [-0.2, 0) is 11.3 Å². The number of benzene rings is 2. The third kappa shape index (κ3) is 5.49. The van der Waals surface area contributed by atoms with E-state index in [1.54, 1.807) is 0 Å². The van der Waals surface area contributed by atoms with Crippen LogP contribution in [-0.4, -0.2) is 36.7 Å². The first-order valence-electron chi connectivity index (χ1n) is 10.6. The number of fused-ring (bicyclic) bond motifs is 1. The van der Waals surface area contributed by atoms with Gasteiger partial charge in [-0.2, -0.15) is 0 Å². The van der Waals surface area contributed by atoms with E-state index in [9.17, 15) is 4.79 Å². The second kappa shape index (κ2) is 10.3. The highest BCUT2D eigenvalue weighted by Crippen LogP contribution is 2.26. The van der Waals surface area contributed by atoms with Gasteiger partial charge in [0.15, 0.2) is 0 Å². The van der Waals surface area contributed by atoms with E-state index < -0.39 is 5.97 Å². The standard InChI is InChI=1S/C14H17N3O2.C9H9N3S/c18-13(19)9-5-7-10(8-6-9)15-14-16-11-3-1-2-4-12(11)17-14;10-5-7-1-3-8(4-2-7)9-6-13-12-11-9/h1-4,9-10H,5-8H2,(H,18,19)(H2,15,16,17);1-4,6H,5,10H2. The summed E-state index contributed by atoms with van der Waals surface area (Å²) in [6, 6.07) is 16.3. The van der Waals surface area contributed by atoms with Crippen LogP contribution in [0.25, 0.3) is 22.3 Å². The van der Waals surface area contributed by atoms with E-state index in [0.29, 0.717) is 12.6 Å². The van der Waals surface area contributed by atoms with Crippen molar-refractivity contribution in [3.63, 3.8) is 0 Å². The van der Waals surface area contributed by atoms with Crippen molar-refractivity contribution in [3.05, 3.63) is 59.5 Å². The van der Waals surface area contributed by atoms with Gasteiger partial charge in [0, 0.05) is 23.5 Å². The lowest BCUT2D eigenvalue weighted by atomic mass is 9.86. The number of rotatable bonds is 5. The third-order valence-electron chi connectivity index (χ3n) is 5.65. The van der Waals surface area contributed by atoms with Crippen molar-refractivity contribution in [2.75, 3.05) is 5.32 Å². The van der Waals surface area contributed by atoms with Crippen LogP contribution in [0.15, 0.2) is 53.9 Å². The van der Waals surface area contributed by atoms with E-state index in [1.807, 2.05) is 53.9 Å². The molecule has 0 saturated heterocycles. The van der Waals surface area contributed by atoms with Gasteiger partial charge in [-0.05, 0) is 54.9 Å². The monoisotopic (exact) mass is 450 g/mol. The predicted molar refractivity (Wildman–Crippen MR) is 126 cm³/mol. The Morgan fingerprint density at radius 1 is 1.12 bits per heavy atom. The zero-order valence-corrected chi connectivity index (χ0v) is 18.4. The molecule has 2 aromatic heterocycles. The molecular formula is C23H26N6O2S. The number of aromatic nitrogens is 4. The Balaban J connectivity index is 0.000000165. The summed E-state index contributed by atoms with van der Waals surface area (Å²) < 4.78 is 3.81. The first-order valence-corrected chi connectivity index (χ1v) is 11.5. The summed E-state index contributed by atoms with van der Waals surface area (Å²) in [5.74, 6) is -0.0594. The molecule has 0 amide bonds. The molecule has 0 bridgehead atoms. The number of H-pyrrole nitrogens is 1. The Hall–Kier alpha value is -3.30. The summed E-state index contributed by atoms with van der Waals surface area (Å²) in [5.41, 5.74) is 10.6. The number of hydrogen-bond acceptors (Lipinski definition) is 7. The van der Waals surface area contributed by atoms with Crippen LogP contribution in [0.4, 0.5) is 5.95 Å². The van der Waals surface area contributed by atoms with Gasteiger partial charge in [-0.1, -0.05) is 40.9 Å². The fourth-order valence-electron chi connectivity index (χ4n) is 3.80. The maximum atomic E-state index is 10.9. The fourth-order valence-corrected chi connectivity index (χ4v) is 4.27. The first kappa shape index (κ1) is 21.9. The lowest BCUT2D eigenvalue weighted by Crippen LogP contribution is -2.29. The number of nitrogens with zero attached hydrogens (tertiary/aromatic N) is 3. The number of carboxylic acids is 1. The molecule has 2 heterocycles. The molecule has 1 aliphatic carbocycles. The topological polar surface area (TPSA) is 130 Å². The van der Waals surface area contributed by atoms with Crippen molar-refractivity contribution in [1.82, 2.24) is 19.6 Å². The van der Waals surface area contributed by atoms with Gasteiger partial charge in [0.2, 0.25) is 5.95 Å². The zero-order chi connectivity index (χ0) is 22.3. The molecule has 4 aromatic rings. The molecule has 9 heteroatoms. The van der Waals surface area contributed by atoms with Crippen LogP contribution in [0.5, 0.6) is 0 Å². The number of carboxylic acid groups (broad SMARTS) is 1. The van der Waals surface area contributed by atoms with E-state index >= 15 is 0 Å². The summed E-state index contributed by atoms with van der Waals surface area (Å²) >= 11 is 1.36. The number of anilines is 1. The number of nitrogens with two attached hydrogens (primary N) is 1. The van der Waals surface area contributed by atoms with E-state index in [1.165, 1.54) is 11.5 Å². The quantitative estimate of drug-likeness (QED) is 0.357. The molecule has 0 unspecified atom stereocenters. The van der Waals surface area contributed by atoms with Gasteiger partial charge in [-0.15, -0.1) is 5.10 Å². The van der Waals surface area contributed by atoms with Crippen LogP contribution in [0.3, 0.4) is 0 Å². The molecule has 0 atom stereocenters. The van der Waals surface area contributed by atoms with Crippen molar-refractivity contribution in [1.29, 1.82) is 0 Å². The molecule has 8 nitrogen and oxygen atoms in total. The van der Waals surface area contributed by atoms with E-state index in [0.717, 1.165) is 59.5 Å². The van der Waals surface area contributed by atoms with Crippen molar-refractivity contribution < 1.29 is 9.90 Å². The van der Waals surface area contributed by atoms with E-state index in [4.69, 9.17) is 10.8 Å². The van der Waals surface area contributed by atoms with E-state index in [-0.39, 0.29) is 5.92 Å². The fraction of sp³-hybridized carbons (Fsp3) is 0.304. The van der Waals surface area contributed by atoms with Gasteiger partial charge in [0.25, 0.3) is 0 Å². The van der Waals surface area contributed by atoms with Crippen molar-refractivity contribution in [3.8, 4) is 11.3 Å². The highest BCUT2D eigenvalue weighted by molar-refractivity contribution is 7.03. The minimum Gasteiger partial charge on any atom is -0.481 e. The third-order valence-corrected chi connectivity index (χ3v) is 6.16. The SMILES string of the molecule is NCc1ccc(-c2csnn2)cc1.O=C(O)C1CCC(Nc2nc3ccccc3[nH]2)CC1. The van der Waals surface area contributed by atoms with Crippen LogP contribution in [0, 0.1) is 5.92 Å². The Morgan fingerprint density at radius 3 is 2.50 bits per heavy atom. The van der Waals surface area contributed by atoms with Crippen LogP contribution >= 0.6 is 11.5 Å². The molecule has 1 saturated carbocycles. The van der Waals surface area contributed by atoms with Crippen LogP contribution in [0.2, 0.25) is 0 Å². The van der Waals surface area contributed by atoms with Crippen molar-refractivity contribution in [2.45, 2.75) is 38.3 Å². The smallest absolute Gasteiger partial charge is 0.306 e. The molecule has 32 heavy (non-hydrogen) atoms. The van der Waals surface area contributed by atoms with Crippen molar-refractivity contribution in [2.24, 2.45) is 11.7 Å². The summed E-state index contributed by atoms with van der Waals surface area (Å²) in [6.07, 6.45) is 3.25. The molecule has 5 rings (SSSR count). The molecule has 166 valence electrons. The Bertz CT molecular complexity index is 1100. The summed E-state index contributed by atoms with van der Waals surface area (Å²) in [6.45, 7) is 0.579. The summed E-state index contributed by atoms with van der Waals surface area (Å²) in [4.78, 5) is 18.6. The molecule has 0 aliphatic heterocycles. The van der Waals surface area contributed by atoms with Gasteiger partial charge in [0.05, 0.1) is 17.0 Å². The molecule has 1 fully saturated rings. The Morgan fingerprint density at radius 2 is 1.88 bits per heavy atom. The largest absolute Gasteiger partial charge is 0.481 e. The Kier molecular flexibility index (Phi) is 7.08. The number of hydrogen-bond donors (Lipinski definition) is 4. The lowest BCUT2D eigenvalue weighted by Gasteiger charge is -2.26. The van der Waals surface area contributed by atoms with Gasteiger partial charge in [-0.3, -0.25) is 4.79 Å². The number of imidazole rings is 1. The first-order chi connectivity index (χ1) is 15.6. The normalized spacial score (nSPS) is 18.0. The molecule has 0 spiro atoms. The average Bonchev–Trinajstić information content (AvgIpc) is 3.50. The van der Waals surface area contributed by atoms with Gasteiger partial charge >= 0.3 is 5.97 Å².